The Balaban J connectivity index is 1.51. The number of benzene rings is 3. The lowest BCUT2D eigenvalue weighted by atomic mass is 9.83. The van der Waals surface area contributed by atoms with Crippen molar-refractivity contribution in [2.45, 2.75) is 31.1 Å². The van der Waals surface area contributed by atoms with Crippen LogP contribution in [0.15, 0.2) is 71.3 Å². The van der Waals surface area contributed by atoms with Gasteiger partial charge in [-0.05, 0) is 42.3 Å². The average molecular weight is 599 g/mol. The Morgan fingerprint density at radius 1 is 1.02 bits per heavy atom. The molecule has 0 saturated heterocycles. The van der Waals surface area contributed by atoms with E-state index in [0.29, 0.717) is 11.3 Å². The van der Waals surface area contributed by atoms with Crippen molar-refractivity contribution in [2.75, 3.05) is 37.5 Å². The molecule has 0 atom stereocenters. The number of allylic oxidation sites excluding steroid dienone is 1. The zero-order chi connectivity index (χ0) is 30.1. The summed E-state index contributed by atoms with van der Waals surface area (Å²) in [7, 11) is 0.511. The lowest BCUT2D eigenvalue weighted by molar-refractivity contribution is -0.117. The van der Waals surface area contributed by atoms with Crippen molar-refractivity contribution in [1.29, 1.82) is 0 Å². The van der Waals surface area contributed by atoms with E-state index in [1.807, 2.05) is 50.1 Å². The SMILES string of the molecule is COc1cc(OC)c(NS(=O)(=O)c2cc(C(=O)OCC(=O)C=C3N(C)c4ccccc4C3(C)C)ccc2C)cc1Cl. The van der Waals surface area contributed by atoms with Crippen molar-refractivity contribution < 1.29 is 32.2 Å². The number of rotatable bonds is 9. The van der Waals surface area contributed by atoms with Crippen LogP contribution in [0.5, 0.6) is 11.5 Å². The van der Waals surface area contributed by atoms with E-state index in [2.05, 4.69) is 4.72 Å². The molecule has 0 radical (unpaired) electrons. The van der Waals surface area contributed by atoms with Gasteiger partial charge in [-0.15, -0.1) is 0 Å². The molecule has 3 aromatic rings. The molecule has 1 heterocycles. The Hall–Kier alpha value is -4.02. The number of methoxy groups -OCH3 is 2. The molecule has 0 fully saturated rings. The summed E-state index contributed by atoms with van der Waals surface area (Å²) in [6, 6.07) is 14.8. The van der Waals surface area contributed by atoms with Gasteiger partial charge in [0.25, 0.3) is 10.0 Å². The molecule has 0 bridgehead atoms. The molecular weight excluding hydrogens is 568 g/mol. The molecule has 11 heteroatoms. The largest absolute Gasteiger partial charge is 0.495 e. The fraction of sp³-hybridized carbons (Fsp3) is 0.267. The van der Waals surface area contributed by atoms with Gasteiger partial charge in [-0.25, -0.2) is 13.2 Å². The van der Waals surface area contributed by atoms with Gasteiger partial charge in [-0.2, -0.15) is 0 Å². The fourth-order valence-corrected chi connectivity index (χ4v) is 6.40. The normalized spacial score (nSPS) is 14.9. The number of likely N-dealkylation sites (N-methyl/N-ethyl adjacent to an activating group) is 1. The Morgan fingerprint density at radius 3 is 2.37 bits per heavy atom. The van der Waals surface area contributed by atoms with Crippen LogP contribution in [0.25, 0.3) is 0 Å². The Kier molecular flexibility index (Phi) is 8.37. The summed E-state index contributed by atoms with van der Waals surface area (Å²) in [6.07, 6.45) is 1.48. The summed E-state index contributed by atoms with van der Waals surface area (Å²) in [5.41, 5.74) is 2.92. The van der Waals surface area contributed by atoms with Gasteiger partial charge in [0, 0.05) is 36.0 Å². The zero-order valence-corrected chi connectivity index (χ0v) is 25.1. The number of sulfonamides is 1. The molecule has 0 aromatic heterocycles. The molecule has 0 amide bonds. The van der Waals surface area contributed by atoms with Crippen LogP contribution in [0.1, 0.15) is 35.3 Å². The average Bonchev–Trinajstić information content (AvgIpc) is 3.12. The lowest BCUT2D eigenvalue weighted by Gasteiger charge is -2.23. The number of ketones is 1. The number of hydrogen-bond donors (Lipinski definition) is 1. The third-order valence-corrected chi connectivity index (χ3v) is 8.82. The summed E-state index contributed by atoms with van der Waals surface area (Å²) >= 11 is 6.18. The smallest absolute Gasteiger partial charge is 0.338 e. The van der Waals surface area contributed by atoms with Crippen LogP contribution in [0.3, 0.4) is 0 Å². The topological polar surface area (TPSA) is 111 Å². The summed E-state index contributed by atoms with van der Waals surface area (Å²) in [5.74, 6) is -0.730. The first-order valence-corrected chi connectivity index (χ1v) is 14.5. The standard InChI is InChI=1S/C30H31ClN2O7S/c1-18-11-12-19(13-27(18)41(36,37)32-23-15-22(31)25(38-5)16-26(23)39-6)29(35)40-17-20(34)14-28-30(2,3)21-9-7-8-10-24(21)33(28)4/h7-16,32H,17H2,1-6H3. The van der Waals surface area contributed by atoms with Crippen molar-refractivity contribution in [3.63, 3.8) is 0 Å². The molecule has 3 aromatic carbocycles. The quantitative estimate of drug-likeness (QED) is 0.254. The first-order valence-electron chi connectivity index (χ1n) is 12.6. The zero-order valence-electron chi connectivity index (χ0n) is 23.6. The highest BCUT2D eigenvalue weighted by Gasteiger charge is 2.38. The maximum Gasteiger partial charge on any atom is 0.338 e. The van der Waals surface area contributed by atoms with Crippen molar-refractivity contribution in [3.8, 4) is 11.5 Å². The van der Waals surface area contributed by atoms with Crippen LogP contribution in [0.4, 0.5) is 11.4 Å². The van der Waals surface area contributed by atoms with E-state index in [1.54, 1.807) is 6.92 Å². The van der Waals surface area contributed by atoms with E-state index in [-0.39, 0.29) is 26.9 Å². The van der Waals surface area contributed by atoms with Gasteiger partial charge in [0.2, 0.25) is 0 Å². The predicted molar refractivity (Wildman–Crippen MR) is 158 cm³/mol. The van der Waals surface area contributed by atoms with E-state index < -0.39 is 33.8 Å². The highest BCUT2D eigenvalue weighted by Crippen LogP contribution is 2.46. The van der Waals surface area contributed by atoms with E-state index >= 15 is 0 Å². The molecule has 1 aliphatic rings. The molecule has 0 unspecified atom stereocenters. The maximum absolute atomic E-state index is 13.3. The second kappa shape index (κ2) is 11.5. The van der Waals surface area contributed by atoms with Crippen LogP contribution < -0.4 is 19.1 Å². The van der Waals surface area contributed by atoms with E-state index in [4.69, 9.17) is 25.8 Å². The Labute approximate surface area is 244 Å². The highest BCUT2D eigenvalue weighted by molar-refractivity contribution is 7.92. The number of aryl methyl sites for hydroxylation is 1. The minimum absolute atomic E-state index is 0.0260. The highest BCUT2D eigenvalue weighted by atomic mass is 35.5. The molecule has 0 saturated carbocycles. The van der Waals surface area contributed by atoms with E-state index in [9.17, 15) is 18.0 Å². The molecule has 0 aliphatic carbocycles. The second-order valence-corrected chi connectivity index (χ2v) is 12.1. The molecule has 0 spiro atoms. The molecule has 9 nitrogen and oxygen atoms in total. The predicted octanol–water partition coefficient (Wildman–Crippen LogP) is 5.50. The van der Waals surface area contributed by atoms with Crippen LogP contribution in [0, 0.1) is 6.92 Å². The van der Waals surface area contributed by atoms with Crippen molar-refractivity contribution in [3.05, 3.63) is 88.1 Å². The molecule has 1 aliphatic heterocycles. The molecular formula is C30H31ClN2O7S. The van der Waals surface area contributed by atoms with Gasteiger partial charge >= 0.3 is 5.97 Å². The lowest BCUT2D eigenvalue weighted by Crippen LogP contribution is -2.25. The minimum Gasteiger partial charge on any atom is -0.495 e. The number of carbonyl (C=O) groups is 2. The van der Waals surface area contributed by atoms with E-state index in [1.165, 1.54) is 50.6 Å². The number of carbonyl (C=O) groups excluding carboxylic acids is 2. The van der Waals surface area contributed by atoms with E-state index in [0.717, 1.165) is 16.9 Å². The molecule has 1 N–H and O–H groups in total. The van der Waals surface area contributed by atoms with Crippen LogP contribution in [-0.4, -0.2) is 48.0 Å². The monoisotopic (exact) mass is 598 g/mol. The van der Waals surface area contributed by atoms with Gasteiger partial charge in [0.05, 0.1) is 35.4 Å². The summed E-state index contributed by atoms with van der Waals surface area (Å²) in [4.78, 5) is 27.5. The third kappa shape index (κ3) is 5.89. The van der Waals surface area contributed by atoms with Crippen molar-refractivity contribution in [2.24, 2.45) is 0 Å². The maximum atomic E-state index is 13.3. The van der Waals surface area contributed by atoms with Gasteiger partial charge in [-0.1, -0.05) is 49.7 Å². The van der Waals surface area contributed by atoms with Gasteiger partial charge in [0.1, 0.15) is 11.5 Å². The van der Waals surface area contributed by atoms with Gasteiger partial charge < -0.3 is 19.1 Å². The minimum atomic E-state index is -4.18. The number of ether oxygens (including phenoxy) is 3. The number of hydrogen-bond acceptors (Lipinski definition) is 8. The first-order chi connectivity index (χ1) is 19.3. The number of fused-ring (bicyclic) bond motifs is 1. The molecule has 41 heavy (non-hydrogen) atoms. The van der Waals surface area contributed by atoms with Crippen molar-refractivity contribution >= 4 is 44.8 Å². The third-order valence-electron chi connectivity index (χ3n) is 7.02. The number of nitrogens with zero attached hydrogens (tertiary/aromatic N) is 1. The molecule has 4 rings (SSSR count). The van der Waals surface area contributed by atoms with Crippen molar-refractivity contribution in [1.82, 2.24) is 0 Å². The van der Waals surface area contributed by atoms with Gasteiger partial charge in [0.15, 0.2) is 12.4 Å². The van der Waals surface area contributed by atoms with Crippen LogP contribution >= 0.6 is 11.6 Å². The first kappa shape index (κ1) is 30.0. The Bertz CT molecular complexity index is 1670. The number of halogens is 1. The number of anilines is 2. The van der Waals surface area contributed by atoms with Gasteiger partial charge in [-0.3, -0.25) is 9.52 Å². The molecule has 216 valence electrons. The summed E-state index contributed by atoms with van der Waals surface area (Å²) in [5, 5.41) is 0.177. The van der Waals surface area contributed by atoms with Crippen LogP contribution in [-0.2, 0) is 25.0 Å². The second-order valence-electron chi connectivity index (χ2n) is 10.0. The summed E-state index contributed by atoms with van der Waals surface area (Å²) < 4.78 is 44.8. The number of nitrogens with one attached hydrogen (secondary N) is 1. The summed E-state index contributed by atoms with van der Waals surface area (Å²) in [6.45, 7) is 5.14. The van der Waals surface area contributed by atoms with Crippen LogP contribution in [0.2, 0.25) is 5.02 Å². The number of para-hydroxylation sites is 1. The number of esters is 1. The fourth-order valence-electron chi connectivity index (χ4n) is 4.83. The Morgan fingerprint density at radius 2 is 1.71 bits per heavy atom.